The van der Waals surface area contributed by atoms with E-state index in [9.17, 15) is 0 Å². The summed E-state index contributed by atoms with van der Waals surface area (Å²) in [6.45, 7) is 9.46. The Morgan fingerprint density at radius 1 is 1.62 bits per heavy atom. The number of hydrogen-bond acceptors (Lipinski definition) is 0. The summed E-state index contributed by atoms with van der Waals surface area (Å²) < 4.78 is 0. The second kappa shape index (κ2) is 7.71. The maximum absolute atomic E-state index is 3.72. The molecule has 45 valence electrons. The third-order valence-corrected chi connectivity index (χ3v) is 1.06. The summed E-state index contributed by atoms with van der Waals surface area (Å²) in [7, 11) is 0. The molecule has 0 rings (SSSR count). The molecule has 0 heterocycles. The zero-order valence-corrected chi connectivity index (χ0v) is 8.32. The summed E-state index contributed by atoms with van der Waals surface area (Å²) >= 11 is 0. The third kappa shape index (κ3) is 4.86. The van der Waals surface area contributed by atoms with Crippen molar-refractivity contribution in [1.82, 2.24) is 0 Å². The van der Waals surface area contributed by atoms with Crippen molar-refractivity contribution in [3.63, 3.8) is 0 Å². The summed E-state index contributed by atoms with van der Waals surface area (Å²) in [5.74, 6) is 0. The smallest absolute Gasteiger partial charge is 0 e. The first-order chi connectivity index (χ1) is 3.35. The van der Waals surface area contributed by atoms with E-state index in [0.717, 1.165) is 12.8 Å². The largest absolute Gasteiger partial charge is 0.356 e. The fourth-order valence-electron chi connectivity index (χ4n) is 0.423. The molecule has 1 heteroatoms. The molecule has 0 fully saturated rings. The van der Waals surface area contributed by atoms with Crippen molar-refractivity contribution in [2.45, 2.75) is 19.8 Å². The Hall–Kier alpha value is 0.714. The van der Waals surface area contributed by atoms with Crippen LogP contribution >= 0.6 is 0 Å². The van der Waals surface area contributed by atoms with Crippen molar-refractivity contribution >= 4 is 0 Å². The number of rotatable bonds is 2. The zero-order chi connectivity index (χ0) is 5.70. The molecule has 0 nitrogen and oxygen atoms in total. The van der Waals surface area contributed by atoms with Gasteiger partial charge in [0.15, 0.2) is 0 Å². The van der Waals surface area contributed by atoms with Crippen LogP contribution in [0.3, 0.4) is 0 Å². The van der Waals surface area contributed by atoms with Crippen molar-refractivity contribution < 1.29 is 32.7 Å². The Kier molecular flexibility index (Phi) is 11.1. The van der Waals surface area contributed by atoms with Gasteiger partial charge in [-0.3, -0.25) is 0 Å². The first-order valence-electron chi connectivity index (χ1n) is 2.61. The summed E-state index contributed by atoms with van der Waals surface area (Å²) in [6, 6.07) is 0. The van der Waals surface area contributed by atoms with Crippen molar-refractivity contribution in [2.75, 3.05) is 0 Å². The van der Waals surface area contributed by atoms with Gasteiger partial charge >= 0.3 is 0 Å². The van der Waals surface area contributed by atoms with Crippen LogP contribution in [-0.2, 0) is 32.7 Å². The van der Waals surface area contributed by atoms with Gasteiger partial charge < -0.3 is 6.92 Å². The van der Waals surface area contributed by atoms with Crippen LogP contribution in [0, 0.1) is 13.8 Å². The van der Waals surface area contributed by atoms with Crippen molar-refractivity contribution in [3.05, 3.63) is 25.5 Å². The molecule has 0 bridgehead atoms. The van der Waals surface area contributed by atoms with Crippen LogP contribution in [-0.4, -0.2) is 0 Å². The topological polar surface area (TPSA) is 0 Å². The summed E-state index contributed by atoms with van der Waals surface area (Å²) in [6.07, 6.45) is 3.88. The Labute approximate surface area is 77.6 Å². The van der Waals surface area contributed by atoms with E-state index < -0.39 is 0 Å². The van der Waals surface area contributed by atoms with Crippen molar-refractivity contribution in [3.8, 4) is 0 Å². The fourth-order valence-corrected chi connectivity index (χ4v) is 0.423. The molecule has 0 saturated carbocycles. The minimum Gasteiger partial charge on any atom is -0.356 e. The van der Waals surface area contributed by atoms with Crippen molar-refractivity contribution in [1.29, 1.82) is 0 Å². The van der Waals surface area contributed by atoms with Crippen LogP contribution in [0.1, 0.15) is 19.8 Å². The molecule has 0 aliphatic carbocycles. The van der Waals surface area contributed by atoms with E-state index in [-0.39, 0.29) is 32.7 Å². The van der Waals surface area contributed by atoms with E-state index in [2.05, 4.69) is 20.8 Å². The maximum atomic E-state index is 3.72. The van der Waals surface area contributed by atoms with Gasteiger partial charge in [0.2, 0.25) is 0 Å². The molecule has 0 unspecified atom stereocenters. The summed E-state index contributed by atoms with van der Waals surface area (Å²) in [5, 5.41) is 0. The van der Waals surface area contributed by atoms with E-state index >= 15 is 0 Å². The van der Waals surface area contributed by atoms with Crippen molar-refractivity contribution in [2.24, 2.45) is 0 Å². The van der Waals surface area contributed by atoms with Gasteiger partial charge in [-0.15, -0.1) is 6.42 Å². The Bertz CT molecular complexity index is 58.8. The average molecular weight is 185 g/mol. The predicted octanol–water partition coefficient (Wildman–Crippen LogP) is 2.38. The molecule has 0 N–H and O–H groups in total. The quantitative estimate of drug-likeness (QED) is 0.579. The van der Waals surface area contributed by atoms with E-state index in [1.165, 1.54) is 5.57 Å². The Morgan fingerprint density at radius 3 is 2.12 bits per heavy atom. The average Bonchev–Trinajstić information content (AvgIpc) is 1.72. The van der Waals surface area contributed by atoms with Gasteiger partial charge in [-0.2, -0.15) is 0 Å². The molecule has 0 aromatic carbocycles. The van der Waals surface area contributed by atoms with E-state index in [1.807, 2.05) is 6.08 Å². The van der Waals surface area contributed by atoms with E-state index in [4.69, 9.17) is 0 Å². The second-order valence-corrected chi connectivity index (χ2v) is 1.47. The van der Waals surface area contributed by atoms with E-state index in [0.29, 0.717) is 0 Å². The summed E-state index contributed by atoms with van der Waals surface area (Å²) in [4.78, 5) is 0. The zero-order valence-electron chi connectivity index (χ0n) is 5.48. The van der Waals surface area contributed by atoms with Gasteiger partial charge in [-0.25, -0.2) is 25.0 Å². The molecule has 0 amide bonds. The van der Waals surface area contributed by atoms with Gasteiger partial charge in [-0.05, 0) is 0 Å². The minimum atomic E-state index is 0. The number of hydrogen-bond donors (Lipinski definition) is 0. The molecule has 0 spiro atoms. The van der Waals surface area contributed by atoms with Gasteiger partial charge in [-0.1, -0.05) is 6.92 Å². The van der Waals surface area contributed by atoms with Crippen LogP contribution in [0.15, 0.2) is 11.6 Å². The molecule has 8 heavy (non-hydrogen) atoms. The second-order valence-electron chi connectivity index (χ2n) is 1.47. The van der Waals surface area contributed by atoms with Crippen LogP contribution < -0.4 is 0 Å². The van der Waals surface area contributed by atoms with E-state index in [1.54, 1.807) is 0 Å². The normalized spacial score (nSPS) is 10.5. The third-order valence-electron chi connectivity index (χ3n) is 1.06. The molecule has 0 atom stereocenters. The Morgan fingerprint density at radius 2 is 2.12 bits per heavy atom. The molecule has 0 aromatic heterocycles. The standard InChI is InChI=1S/C7H12.Y/c1-4-7(5-2)6-3;/h4H,1-2,5-6H2,3H3;/q-2;. The summed E-state index contributed by atoms with van der Waals surface area (Å²) in [5.41, 5.74) is 1.33. The number of allylic oxidation sites excluding steroid dienone is 2. The Balaban J connectivity index is 0. The maximum Gasteiger partial charge on any atom is 0 e. The first-order valence-corrected chi connectivity index (χ1v) is 2.61. The predicted molar refractivity (Wildman–Crippen MR) is 33.7 cm³/mol. The molecule has 1 radical (unpaired) electrons. The monoisotopic (exact) mass is 185 g/mol. The van der Waals surface area contributed by atoms with Gasteiger partial charge in [0, 0.05) is 32.7 Å². The SMILES string of the molecule is [CH2-]C=C(C[CH2-])CC.[Y]. The molecule has 0 aromatic rings. The molecular formula is C7H12Y-2. The van der Waals surface area contributed by atoms with Crippen LogP contribution in [0.2, 0.25) is 0 Å². The molecule has 0 aliphatic heterocycles. The van der Waals surface area contributed by atoms with Crippen LogP contribution in [0.4, 0.5) is 0 Å². The molecule has 0 aliphatic rings. The first kappa shape index (κ1) is 11.5. The minimum absolute atomic E-state index is 0. The van der Waals surface area contributed by atoms with Crippen LogP contribution in [0.25, 0.3) is 0 Å². The van der Waals surface area contributed by atoms with Gasteiger partial charge in [0.1, 0.15) is 0 Å². The van der Waals surface area contributed by atoms with Gasteiger partial charge in [0.05, 0.1) is 0 Å². The molecular weight excluding hydrogens is 173 g/mol. The fraction of sp³-hybridized carbons (Fsp3) is 0.429. The van der Waals surface area contributed by atoms with Gasteiger partial charge in [0.25, 0.3) is 0 Å². The van der Waals surface area contributed by atoms with Crippen LogP contribution in [0.5, 0.6) is 0 Å². The molecule has 0 saturated heterocycles.